The van der Waals surface area contributed by atoms with Crippen molar-refractivity contribution in [3.05, 3.63) is 35.4 Å². The van der Waals surface area contributed by atoms with E-state index in [1.807, 2.05) is 12.1 Å². The molecule has 4 nitrogen and oxygen atoms in total. The van der Waals surface area contributed by atoms with Crippen LogP contribution in [0.3, 0.4) is 0 Å². The Kier molecular flexibility index (Phi) is 7.18. The van der Waals surface area contributed by atoms with Crippen molar-refractivity contribution >= 4 is 27.8 Å². The maximum Gasteiger partial charge on any atom is 0.337 e. The van der Waals surface area contributed by atoms with Gasteiger partial charge in [0.05, 0.1) is 12.7 Å². The molecule has 1 N–H and O–H groups in total. The van der Waals surface area contributed by atoms with Crippen LogP contribution in [0.15, 0.2) is 24.3 Å². The van der Waals surface area contributed by atoms with E-state index in [1.165, 1.54) is 7.11 Å². The molecule has 1 rings (SSSR count). The molecule has 0 unspecified atom stereocenters. The molecule has 1 aromatic carbocycles. The first-order valence-corrected chi connectivity index (χ1v) is 7.29. The van der Waals surface area contributed by atoms with Crippen LogP contribution in [-0.2, 0) is 16.1 Å². The Morgan fingerprint density at radius 2 is 1.89 bits per heavy atom. The fraction of sp³-hybridized carbons (Fsp3) is 0.429. The quantitative estimate of drug-likeness (QED) is 0.476. The number of methoxy groups -OCH3 is 1. The summed E-state index contributed by atoms with van der Waals surface area (Å²) in [6.07, 6.45) is 2.44. The number of carbonyl (C=O) groups is 2. The van der Waals surface area contributed by atoms with Crippen molar-refractivity contribution < 1.29 is 14.3 Å². The molecular weight excluding hydrogens is 310 g/mol. The highest BCUT2D eigenvalue weighted by Crippen LogP contribution is 2.06. The highest BCUT2D eigenvalue weighted by Gasteiger charge is 2.05. The number of halogens is 1. The summed E-state index contributed by atoms with van der Waals surface area (Å²) in [4.78, 5) is 22.8. The molecule has 0 saturated carbocycles. The van der Waals surface area contributed by atoms with Crippen LogP contribution in [0.25, 0.3) is 0 Å². The van der Waals surface area contributed by atoms with Crippen LogP contribution in [0.5, 0.6) is 0 Å². The Labute approximate surface area is 121 Å². The van der Waals surface area contributed by atoms with E-state index < -0.39 is 0 Å². The van der Waals surface area contributed by atoms with Crippen molar-refractivity contribution in [3.8, 4) is 0 Å². The van der Waals surface area contributed by atoms with Crippen molar-refractivity contribution in [2.75, 3.05) is 12.4 Å². The second-order valence-electron chi connectivity index (χ2n) is 4.11. The molecule has 19 heavy (non-hydrogen) atoms. The molecule has 0 aromatic heterocycles. The van der Waals surface area contributed by atoms with Crippen LogP contribution in [0, 0.1) is 0 Å². The van der Waals surface area contributed by atoms with Crippen molar-refractivity contribution in [2.24, 2.45) is 0 Å². The molecule has 0 saturated heterocycles. The minimum Gasteiger partial charge on any atom is -0.465 e. The molecule has 0 fully saturated rings. The zero-order valence-electron chi connectivity index (χ0n) is 10.9. The van der Waals surface area contributed by atoms with Crippen LogP contribution < -0.4 is 5.32 Å². The van der Waals surface area contributed by atoms with E-state index in [-0.39, 0.29) is 11.9 Å². The van der Waals surface area contributed by atoms with Crippen LogP contribution in [0.2, 0.25) is 0 Å². The van der Waals surface area contributed by atoms with E-state index in [4.69, 9.17) is 0 Å². The lowest BCUT2D eigenvalue weighted by Crippen LogP contribution is -2.22. The monoisotopic (exact) mass is 327 g/mol. The number of alkyl halides is 1. The lowest BCUT2D eigenvalue weighted by atomic mass is 10.1. The fourth-order valence-electron chi connectivity index (χ4n) is 1.55. The summed E-state index contributed by atoms with van der Waals surface area (Å²) < 4.78 is 4.62. The van der Waals surface area contributed by atoms with Crippen molar-refractivity contribution in [3.63, 3.8) is 0 Å². The van der Waals surface area contributed by atoms with Crippen LogP contribution in [0.4, 0.5) is 0 Å². The molecule has 104 valence electrons. The standard InChI is InChI=1S/C14H18BrNO3/c1-19-14(18)12-7-5-11(6-8-12)10-16-13(17)4-2-3-9-15/h5-8H,2-4,9-10H2,1H3,(H,16,17). The fourth-order valence-corrected chi connectivity index (χ4v) is 1.94. The lowest BCUT2D eigenvalue weighted by Gasteiger charge is -2.06. The summed E-state index contributed by atoms with van der Waals surface area (Å²) >= 11 is 3.33. The number of hydrogen-bond donors (Lipinski definition) is 1. The Morgan fingerprint density at radius 3 is 2.47 bits per heavy atom. The highest BCUT2D eigenvalue weighted by molar-refractivity contribution is 9.09. The van der Waals surface area contributed by atoms with Crippen LogP contribution in [0.1, 0.15) is 35.2 Å². The Morgan fingerprint density at radius 1 is 1.21 bits per heavy atom. The van der Waals surface area contributed by atoms with E-state index >= 15 is 0 Å². The Hall–Kier alpha value is -1.36. The summed E-state index contributed by atoms with van der Waals surface area (Å²) in [6.45, 7) is 0.481. The van der Waals surface area contributed by atoms with Gasteiger partial charge in [0.2, 0.25) is 5.91 Å². The summed E-state index contributed by atoms with van der Waals surface area (Å²) in [5, 5.41) is 3.78. The molecule has 0 heterocycles. The Balaban J connectivity index is 2.37. The van der Waals surface area contributed by atoms with E-state index in [0.717, 1.165) is 23.7 Å². The van der Waals surface area contributed by atoms with E-state index in [9.17, 15) is 9.59 Å². The van der Waals surface area contributed by atoms with Gasteiger partial charge in [-0.1, -0.05) is 28.1 Å². The van der Waals surface area contributed by atoms with E-state index in [1.54, 1.807) is 12.1 Å². The maximum atomic E-state index is 11.5. The molecular formula is C14H18BrNO3. The first kappa shape index (κ1) is 15.7. The summed E-state index contributed by atoms with van der Waals surface area (Å²) in [6, 6.07) is 7.01. The zero-order chi connectivity index (χ0) is 14.1. The number of carbonyl (C=O) groups excluding carboxylic acids is 2. The van der Waals surface area contributed by atoms with Gasteiger partial charge in [0, 0.05) is 18.3 Å². The van der Waals surface area contributed by atoms with Gasteiger partial charge in [-0.15, -0.1) is 0 Å². The maximum absolute atomic E-state index is 11.5. The highest BCUT2D eigenvalue weighted by atomic mass is 79.9. The molecule has 1 amide bonds. The molecule has 1 aromatic rings. The van der Waals surface area contributed by atoms with Gasteiger partial charge in [0.1, 0.15) is 0 Å². The largest absolute Gasteiger partial charge is 0.465 e. The topological polar surface area (TPSA) is 55.4 Å². The SMILES string of the molecule is COC(=O)c1ccc(CNC(=O)CCCCBr)cc1. The van der Waals surface area contributed by atoms with Crippen LogP contribution >= 0.6 is 15.9 Å². The summed E-state index contributed by atoms with van der Waals surface area (Å²) in [7, 11) is 1.35. The molecule has 0 aliphatic heterocycles. The number of nitrogens with one attached hydrogen (secondary N) is 1. The number of rotatable bonds is 7. The minimum absolute atomic E-state index is 0.0537. The molecule has 0 aliphatic rings. The first-order chi connectivity index (χ1) is 9.17. The zero-order valence-corrected chi connectivity index (χ0v) is 12.5. The van der Waals surface area contributed by atoms with E-state index in [0.29, 0.717) is 18.5 Å². The third kappa shape index (κ3) is 5.87. The average Bonchev–Trinajstić information content (AvgIpc) is 2.45. The van der Waals surface area contributed by atoms with Crippen molar-refractivity contribution in [1.82, 2.24) is 5.32 Å². The predicted octanol–water partition coefficient (Wildman–Crippen LogP) is 2.65. The van der Waals surface area contributed by atoms with Gasteiger partial charge in [0.15, 0.2) is 0 Å². The summed E-state index contributed by atoms with van der Waals surface area (Å²) in [5.41, 5.74) is 1.47. The van der Waals surface area contributed by atoms with Gasteiger partial charge >= 0.3 is 5.97 Å². The third-order valence-corrected chi connectivity index (χ3v) is 3.21. The molecule has 0 spiro atoms. The van der Waals surface area contributed by atoms with Gasteiger partial charge in [0.25, 0.3) is 0 Å². The van der Waals surface area contributed by atoms with Gasteiger partial charge < -0.3 is 10.1 Å². The van der Waals surface area contributed by atoms with Crippen molar-refractivity contribution in [2.45, 2.75) is 25.8 Å². The number of esters is 1. The number of benzene rings is 1. The van der Waals surface area contributed by atoms with Crippen LogP contribution in [-0.4, -0.2) is 24.3 Å². The molecule has 5 heteroatoms. The number of amides is 1. The second kappa shape index (κ2) is 8.69. The average molecular weight is 328 g/mol. The Bertz CT molecular complexity index is 417. The number of hydrogen-bond acceptors (Lipinski definition) is 3. The van der Waals surface area contributed by atoms with Crippen molar-refractivity contribution in [1.29, 1.82) is 0 Å². The minimum atomic E-state index is -0.356. The smallest absolute Gasteiger partial charge is 0.337 e. The predicted molar refractivity (Wildman–Crippen MR) is 77.3 cm³/mol. The molecule has 0 aliphatic carbocycles. The molecule has 0 radical (unpaired) electrons. The normalized spacial score (nSPS) is 10.0. The summed E-state index contributed by atoms with van der Waals surface area (Å²) in [5.74, 6) is -0.302. The number of ether oxygens (including phenoxy) is 1. The van der Waals surface area contributed by atoms with Gasteiger partial charge in [-0.05, 0) is 30.5 Å². The van der Waals surface area contributed by atoms with Gasteiger partial charge in [-0.2, -0.15) is 0 Å². The lowest BCUT2D eigenvalue weighted by molar-refractivity contribution is -0.121. The molecule has 0 bridgehead atoms. The number of unbranched alkanes of at least 4 members (excludes halogenated alkanes) is 1. The second-order valence-corrected chi connectivity index (χ2v) is 4.90. The molecule has 0 atom stereocenters. The van der Waals surface area contributed by atoms with Gasteiger partial charge in [-0.25, -0.2) is 4.79 Å². The first-order valence-electron chi connectivity index (χ1n) is 6.17. The van der Waals surface area contributed by atoms with E-state index in [2.05, 4.69) is 26.0 Å². The van der Waals surface area contributed by atoms with Gasteiger partial charge in [-0.3, -0.25) is 4.79 Å². The third-order valence-electron chi connectivity index (χ3n) is 2.65.